The number of aromatic nitrogens is 1. The van der Waals surface area contributed by atoms with Crippen LogP contribution in [0.4, 0.5) is 17.2 Å². The number of rotatable bonds is 20. The van der Waals surface area contributed by atoms with Crippen LogP contribution in [0.15, 0.2) is 39.5 Å². The van der Waals surface area contributed by atoms with Crippen LogP contribution in [0, 0.1) is 0 Å². The molecule has 37 heavy (non-hydrogen) atoms. The zero-order valence-electron chi connectivity index (χ0n) is 23.3. The maximum atomic E-state index is 5.76. The van der Waals surface area contributed by atoms with E-state index >= 15 is 0 Å². The van der Waals surface area contributed by atoms with Crippen LogP contribution < -0.4 is 15.5 Å². The molecule has 0 bridgehead atoms. The van der Waals surface area contributed by atoms with Crippen molar-refractivity contribution in [3.63, 3.8) is 0 Å². The Morgan fingerprint density at radius 1 is 1.16 bits per heavy atom. The zero-order valence-corrected chi connectivity index (χ0v) is 23.3. The van der Waals surface area contributed by atoms with Crippen molar-refractivity contribution in [3.8, 4) is 0 Å². The Morgan fingerprint density at radius 3 is 2.51 bits per heavy atom. The van der Waals surface area contributed by atoms with Crippen LogP contribution in [0.2, 0.25) is 0 Å². The van der Waals surface area contributed by atoms with Gasteiger partial charge in [0, 0.05) is 52.7 Å². The summed E-state index contributed by atoms with van der Waals surface area (Å²) in [5, 5.41) is 6.44. The van der Waals surface area contributed by atoms with Crippen LogP contribution in [-0.4, -0.2) is 104 Å². The SMILES string of the molecule is C=N/C=C\C(=NCCC(CCNC)OC)Nc1cc(N(CCOCC(OC)OC)C(C)C)c(N=C)cn1. The highest BCUT2D eigenvalue weighted by Crippen LogP contribution is 2.31. The molecule has 0 amide bonds. The molecule has 208 valence electrons. The lowest BCUT2D eigenvalue weighted by atomic mass is 10.2. The molecule has 1 aromatic heterocycles. The summed E-state index contributed by atoms with van der Waals surface area (Å²) in [7, 11) is 6.83. The summed E-state index contributed by atoms with van der Waals surface area (Å²) in [4.78, 5) is 19.4. The van der Waals surface area contributed by atoms with E-state index in [1.807, 2.05) is 13.1 Å². The van der Waals surface area contributed by atoms with E-state index in [4.69, 9.17) is 23.9 Å². The van der Waals surface area contributed by atoms with E-state index < -0.39 is 6.29 Å². The lowest BCUT2D eigenvalue weighted by Crippen LogP contribution is -2.35. The monoisotopic (exact) mass is 519 g/mol. The molecule has 0 aliphatic heterocycles. The van der Waals surface area contributed by atoms with Crippen molar-refractivity contribution in [1.29, 1.82) is 0 Å². The summed E-state index contributed by atoms with van der Waals surface area (Å²) in [6.07, 6.45) is 6.50. The van der Waals surface area contributed by atoms with Crippen LogP contribution in [0.25, 0.3) is 0 Å². The molecule has 0 aliphatic carbocycles. The zero-order chi connectivity index (χ0) is 27.5. The number of aliphatic imine (C=N–C) groups is 3. The quantitative estimate of drug-likeness (QED) is 0.117. The molecule has 0 spiro atoms. The fourth-order valence-electron chi connectivity index (χ4n) is 3.49. The topological polar surface area (TPSA) is 114 Å². The van der Waals surface area contributed by atoms with Gasteiger partial charge < -0.3 is 34.5 Å². The van der Waals surface area contributed by atoms with Crippen LogP contribution in [0.5, 0.6) is 0 Å². The first-order valence-electron chi connectivity index (χ1n) is 12.4. The molecule has 1 aromatic rings. The third kappa shape index (κ3) is 12.4. The maximum absolute atomic E-state index is 5.76. The van der Waals surface area contributed by atoms with E-state index in [2.05, 4.69) is 57.8 Å². The van der Waals surface area contributed by atoms with Crippen molar-refractivity contribution in [3.05, 3.63) is 24.5 Å². The summed E-state index contributed by atoms with van der Waals surface area (Å²) >= 11 is 0. The molecule has 0 saturated heterocycles. The molecule has 1 atom stereocenters. The molecule has 11 nitrogen and oxygen atoms in total. The van der Waals surface area contributed by atoms with Gasteiger partial charge in [-0.25, -0.2) is 4.98 Å². The van der Waals surface area contributed by atoms with Crippen molar-refractivity contribution in [1.82, 2.24) is 10.3 Å². The Labute approximate surface area is 222 Å². The number of anilines is 2. The normalized spacial score (nSPS) is 12.9. The molecule has 0 saturated carbocycles. The number of methoxy groups -OCH3 is 3. The lowest BCUT2D eigenvalue weighted by molar-refractivity contribution is -0.139. The van der Waals surface area contributed by atoms with Gasteiger partial charge in [-0.1, -0.05) is 0 Å². The van der Waals surface area contributed by atoms with Crippen LogP contribution in [0.1, 0.15) is 26.7 Å². The van der Waals surface area contributed by atoms with Crippen LogP contribution in [0.3, 0.4) is 0 Å². The lowest BCUT2D eigenvalue weighted by Gasteiger charge is -2.30. The summed E-state index contributed by atoms with van der Waals surface area (Å²) < 4.78 is 21.7. The number of nitrogens with one attached hydrogen (secondary N) is 2. The van der Waals surface area contributed by atoms with Gasteiger partial charge >= 0.3 is 0 Å². The summed E-state index contributed by atoms with van der Waals surface area (Å²) in [6, 6.07) is 2.12. The van der Waals surface area contributed by atoms with Gasteiger partial charge in [0.05, 0.1) is 31.2 Å². The number of ether oxygens (including phenoxy) is 4. The van der Waals surface area contributed by atoms with Gasteiger partial charge in [-0.3, -0.25) is 15.0 Å². The van der Waals surface area contributed by atoms with Gasteiger partial charge in [-0.2, -0.15) is 0 Å². The second kappa shape index (κ2) is 19.4. The highest BCUT2D eigenvalue weighted by atomic mass is 16.7. The minimum absolute atomic E-state index is 0.131. The second-order valence-corrected chi connectivity index (χ2v) is 8.41. The van der Waals surface area contributed by atoms with E-state index in [0.29, 0.717) is 43.6 Å². The first-order valence-corrected chi connectivity index (χ1v) is 12.4. The third-order valence-electron chi connectivity index (χ3n) is 5.60. The molecule has 0 radical (unpaired) electrons. The summed E-state index contributed by atoms with van der Waals surface area (Å²) in [5.41, 5.74) is 1.57. The van der Waals surface area contributed by atoms with E-state index in [0.717, 1.165) is 25.1 Å². The van der Waals surface area contributed by atoms with Crippen LogP contribution in [-0.2, 0) is 18.9 Å². The van der Waals surface area contributed by atoms with Crippen molar-refractivity contribution in [2.45, 2.75) is 45.1 Å². The van der Waals surface area contributed by atoms with Crippen molar-refractivity contribution in [2.24, 2.45) is 15.0 Å². The van der Waals surface area contributed by atoms with Gasteiger partial charge in [0.25, 0.3) is 0 Å². The molecule has 11 heteroatoms. The summed E-state index contributed by atoms with van der Waals surface area (Å²) in [5.74, 6) is 1.25. The fraction of sp³-hybridized carbons (Fsp3) is 0.615. The molecule has 0 fully saturated rings. The Bertz CT molecular complexity index is 844. The first-order chi connectivity index (χ1) is 17.9. The molecule has 2 N–H and O–H groups in total. The largest absolute Gasteiger partial charge is 0.381 e. The molecule has 1 unspecified atom stereocenters. The van der Waals surface area contributed by atoms with Crippen molar-refractivity contribution in [2.75, 3.05) is 71.4 Å². The average Bonchev–Trinajstić information content (AvgIpc) is 2.90. The summed E-state index contributed by atoms with van der Waals surface area (Å²) in [6.45, 7) is 14.4. The Hall–Kier alpha value is -2.70. The van der Waals surface area contributed by atoms with Crippen molar-refractivity contribution >= 4 is 36.5 Å². The van der Waals surface area contributed by atoms with Gasteiger partial charge in [0.1, 0.15) is 17.3 Å². The molecular formula is C26H45N7O4. The number of hydrogen-bond acceptors (Lipinski definition) is 10. The molecule has 0 aliphatic rings. The Kier molecular flexibility index (Phi) is 17.0. The maximum Gasteiger partial charge on any atom is 0.180 e. The van der Waals surface area contributed by atoms with Crippen molar-refractivity contribution < 1.29 is 18.9 Å². The highest BCUT2D eigenvalue weighted by Gasteiger charge is 2.17. The second-order valence-electron chi connectivity index (χ2n) is 8.41. The minimum Gasteiger partial charge on any atom is -0.381 e. The molecule has 1 heterocycles. The first kappa shape index (κ1) is 32.3. The van der Waals surface area contributed by atoms with Gasteiger partial charge in [0.2, 0.25) is 0 Å². The molecule has 0 aromatic carbocycles. The van der Waals surface area contributed by atoms with E-state index in [-0.39, 0.29) is 12.1 Å². The number of amidine groups is 1. The van der Waals surface area contributed by atoms with Gasteiger partial charge in [-0.05, 0) is 59.8 Å². The van der Waals surface area contributed by atoms with Crippen LogP contribution >= 0.6 is 0 Å². The predicted octanol–water partition coefficient (Wildman–Crippen LogP) is 3.30. The average molecular weight is 520 g/mol. The minimum atomic E-state index is -0.395. The molecular weight excluding hydrogens is 474 g/mol. The number of nitrogens with zero attached hydrogens (tertiary/aromatic N) is 5. The standard InChI is InChI=1S/C26H45N7O4/c1-20(2)33(15-16-37-19-26(35-7)36-8)23-17-25(31-18-22(23)29-5)32-24(11-13-28-4)30-14-10-21(34-6)9-12-27-3/h11,13,17-18,20-21,26-27H,4-5,9-10,12,14-16,19H2,1-3,6-8H3,(H,30,31,32)/b13-11-. The van der Waals surface area contributed by atoms with E-state index in [1.54, 1.807) is 39.8 Å². The predicted molar refractivity (Wildman–Crippen MR) is 153 cm³/mol. The molecule has 1 rings (SSSR count). The smallest absolute Gasteiger partial charge is 0.180 e. The van der Waals surface area contributed by atoms with Gasteiger partial charge in [0.15, 0.2) is 6.29 Å². The highest BCUT2D eigenvalue weighted by molar-refractivity contribution is 6.03. The number of hydrogen-bond donors (Lipinski definition) is 2. The third-order valence-corrected chi connectivity index (χ3v) is 5.60. The van der Waals surface area contributed by atoms with Gasteiger partial charge in [-0.15, -0.1) is 0 Å². The number of pyridine rings is 1. The van der Waals surface area contributed by atoms with E-state index in [1.165, 1.54) is 0 Å². The van der Waals surface area contributed by atoms with E-state index in [9.17, 15) is 0 Å². The fourth-order valence-corrected chi connectivity index (χ4v) is 3.49. The Balaban J connectivity index is 3.03. The Morgan fingerprint density at radius 2 is 1.92 bits per heavy atom.